The van der Waals surface area contributed by atoms with Gasteiger partial charge >= 0.3 is 0 Å². The number of amides is 3. The smallest absolute Gasteiger partial charge is 0.277 e. The van der Waals surface area contributed by atoms with Gasteiger partial charge < -0.3 is 9.74 Å². The molecule has 0 spiro atoms. The summed E-state index contributed by atoms with van der Waals surface area (Å²) in [6.07, 6.45) is 1.62. The summed E-state index contributed by atoms with van der Waals surface area (Å²) in [6.45, 7) is 8.95. The summed E-state index contributed by atoms with van der Waals surface area (Å²) in [7, 11) is -2.68. The first-order valence-electron chi connectivity index (χ1n) is 12.8. The summed E-state index contributed by atoms with van der Waals surface area (Å²) in [5, 5.41) is 4.93. The standard InChI is InChI=1S/C31H33IN2O4Si/c1-22-17-23(18-27-30(37)34(29(36)19-32)20-28(35)33-27)15-16-24(22)21-38-39(31(2,3)4,25-11-7-5-8-12-25)26-13-9-6-10-14-26/h5-18H,19-21H2,1-4H3,(H,33,35). The van der Waals surface area contributed by atoms with Crippen molar-refractivity contribution in [3.8, 4) is 0 Å². The Morgan fingerprint density at radius 3 is 2.10 bits per heavy atom. The quantitative estimate of drug-likeness (QED) is 0.179. The largest absolute Gasteiger partial charge is 0.403 e. The molecule has 0 bridgehead atoms. The molecule has 1 saturated heterocycles. The Bertz CT molecular complexity index is 1360. The molecule has 3 aromatic rings. The Balaban J connectivity index is 1.65. The zero-order valence-corrected chi connectivity index (χ0v) is 25.8. The fourth-order valence-corrected chi connectivity index (χ4v) is 10.00. The minimum Gasteiger partial charge on any atom is -0.403 e. The molecule has 0 aliphatic carbocycles. The van der Waals surface area contributed by atoms with E-state index in [0.717, 1.165) is 21.6 Å². The van der Waals surface area contributed by atoms with E-state index in [0.29, 0.717) is 6.61 Å². The van der Waals surface area contributed by atoms with Gasteiger partial charge in [0.2, 0.25) is 11.8 Å². The molecular weight excluding hydrogens is 619 g/mol. The summed E-state index contributed by atoms with van der Waals surface area (Å²) in [6, 6.07) is 26.9. The van der Waals surface area contributed by atoms with Crippen LogP contribution in [0, 0.1) is 6.92 Å². The number of rotatable bonds is 7. The molecule has 0 radical (unpaired) electrons. The Hall–Kier alpha value is -3.08. The summed E-state index contributed by atoms with van der Waals surface area (Å²) >= 11 is 1.89. The van der Waals surface area contributed by atoms with E-state index < -0.39 is 14.2 Å². The maximum atomic E-state index is 12.8. The van der Waals surface area contributed by atoms with Gasteiger partial charge in [0.15, 0.2) is 0 Å². The maximum Gasteiger partial charge on any atom is 0.277 e. The lowest BCUT2D eigenvalue weighted by atomic mass is 10.0. The van der Waals surface area contributed by atoms with Crippen molar-refractivity contribution in [1.82, 2.24) is 10.2 Å². The number of piperazine rings is 1. The summed E-state index contributed by atoms with van der Waals surface area (Å²) in [5.74, 6) is -1.26. The van der Waals surface area contributed by atoms with Crippen molar-refractivity contribution in [2.75, 3.05) is 11.0 Å². The highest BCUT2D eigenvalue weighted by molar-refractivity contribution is 14.1. The van der Waals surface area contributed by atoms with Crippen LogP contribution in [0.1, 0.15) is 37.5 Å². The molecule has 3 aromatic carbocycles. The van der Waals surface area contributed by atoms with Gasteiger partial charge in [0, 0.05) is 0 Å². The molecule has 0 aromatic heterocycles. The van der Waals surface area contributed by atoms with Gasteiger partial charge in [-0.05, 0) is 45.1 Å². The number of hydrogen-bond donors (Lipinski definition) is 1. The first-order valence-corrected chi connectivity index (χ1v) is 16.3. The lowest BCUT2D eigenvalue weighted by Crippen LogP contribution is -2.66. The predicted molar refractivity (Wildman–Crippen MR) is 165 cm³/mol. The fourth-order valence-electron chi connectivity index (χ4n) is 5.06. The third-order valence-electron chi connectivity index (χ3n) is 7.01. The van der Waals surface area contributed by atoms with E-state index in [-0.39, 0.29) is 33.5 Å². The van der Waals surface area contributed by atoms with E-state index in [4.69, 9.17) is 4.43 Å². The number of halogens is 1. The van der Waals surface area contributed by atoms with Crippen molar-refractivity contribution in [3.05, 3.63) is 101 Å². The highest BCUT2D eigenvalue weighted by Gasteiger charge is 2.50. The van der Waals surface area contributed by atoms with Crippen molar-refractivity contribution in [2.45, 2.75) is 39.3 Å². The zero-order chi connectivity index (χ0) is 28.2. The Morgan fingerprint density at radius 2 is 1.59 bits per heavy atom. The van der Waals surface area contributed by atoms with E-state index >= 15 is 0 Å². The average molecular weight is 653 g/mol. The van der Waals surface area contributed by atoms with Crippen LogP contribution in [-0.2, 0) is 25.4 Å². The fraction of sp³-hybridized carbons (Fsp3) is 0.258. The lowest BCUT2D eigenvalue weighted by molar-refractivity contribution is -0.147. The number of benzene rings is 3. The molecular formula is C31H33IN2O4Si. The number of aryl methyl sites for hydroxylation is 1. The monoisotopic (exact) mass is 652 g/mol. The molecule has 0 atom stereocenters. The molecule has 1 N–H and O–H groups in total. The molecule has 4 rings (SSSR count). The van der Waals surface area contributed by atoms with Crippen LogP contribution in [-0.4, -0.2) is 41.9 Å². The van der Waals surface area contributed by atoms with Gasteiger partial charge in [-0.3, -0.25) is 19.3 Å². The van der Waals surface area contributed by atoms with Crippen LogP contribution in [0.3, 0.4) is 0 Å². The van der Waals surface area contributed by atoms with E-state index in [2.05, 4.69) is 74.6 Å². The second-order valence-electron chi connectivity index (χ2n) is 10.7. The molecule has 1 fully saturated rings. The van der Waals surface area contributed by atoms with Crippen LogP contribution in [0.15, 0.2) is 84.6 Å². The minimum absolute atomic E-state index is 0.0974. The van der Waals surface area contributed by atoms with Crippen molar-refractivity contribution >= 4 is 65.1 Å². The van der Waals surface area contributed by atoms with Gasteiger partial charge in [0.1, 0.15) is 12.2 Å². The predicted octanol–water partition coefficient (Wildman–Crippen LogP) is 4.33. The van der Waals surface area contributed by atoms with E-state index in [1.165, 1.54) is 10.4 Å². The number of imide groups is 1. The number of carbonyl (C=O) groups excluding carboxylic acids is 3. The highest BCUT2D eigenvalue weighted by Crippen LogP contribution is 2.37. The van der Waals surface area contributed by atoms with E-state index in [1.807, 2.05) is 59.8 Å². The summed E-state index contributed by atoms with van der Waals surface area (Å²) in [4.78, 5) is 38.1. The second kappa shape index (κ2) is 12.0. The van der Waals surface area contributed by atoms with Crippen LogP contribution >= 0.6 is 22.6 Å². The highest BCUT2D eigenvalue weighted by atomic mass is 127. The van der Waals surface area contributed by atoms with Gasteiger partial charge in [-0.2, -0.15) is 0 Å². The topological polar surface area (TPSA) is 75.7 Å². The first kappa shape index (κ1) is 28.9. The zero-order valence-electron chi connectivity index (χ0n) is 22.7. The maximum absolute atomic E-state index is 12.8. The normalized spacial score (nSPS) is 15.4. The van der Waals surface area contributed by atoms with Gasteiger partial charge in [-0.1, -0.05) is 122 Å². The van der Waals surface area contributed by atoms with Crippen molar-refractivity contribution in [3.63, 3.8) is 0 Å². The van der Waals surface area contributed by atoms with Crippen LogP contribution < -0.4 is 15.7 Å². The number of nitrogens with one attached hydrogen (secondary N) is 1. The Morgan fingerprint density at radius 1 is 1.00 bits per heavy atom. The molecule has 3 amide bonds. The Labute approximate surface area is 244 Å². The van der Waals surface area contributed by atoms with Crippen LogP contribution in [0.25, 0.3) is 6.08 Å². The number of alkyl halides is 1. The average Bonchev–Trinajstić information content (AvgIpc) is 2.92. The summed E-state index contributed by atoms with van der Waals surface area (Å²) in [5.41, 5.74) is 2.91. The van der Waals surface area contributed by atoms with E-state index in [1.54, 1.807) is 6.08 Å². The van der Waals surface area contributed by atoms with Gasteiger partial charge in [0.25, 0.3) is 14.2 Å². The molecule has 0 unspecified atom stereocenters. The van der Waals surface area contributed by atoms with E-state index in [9.17, 15) is 14.4 Å². The number of carbonyl (C=O) groups is 3. The van der Waals surface area contributed by atoms with Crippen molar-refractivity contribution in [2.24, 2.45) is 0 Å². The molecule has 6 nitrogen and oxygen atoms in total. The first-order chi connectivity index (χ1) is 18.6. The van der Waals surface area contributed by atoms with Gasteiger partial charge in [-0.15, -0.1) is 0 Å². The molecule has 202 valence electrons. The molecule has 1 aliphatic heterocycles. The van der Waals surface area contributed by atoms with Crippen molar-refractivity contribution < 1.29 is 18.8 Å². The molecule has 1 heterocycles. The van der Waals surface area contributed by atoms with Crippen LogP contribution in [0.2, 0.25) is 5.04 Å². The number of hydrogen-bond acceptors (Lipinski definition) is 4. The van der Waals surface area contributed by atoms with Crippen LogP contribution in [0.5, 0.6) is 0 Å². The minimum atomic E-state index is -2.68. The lowest BCUT2D eigenvalue weighted by Gasteiger charge is -2.43. The van der Waals surface area contributed by atoms with Gasteiger partial charge in [0.05, 0.1) is 11.0 Å². The SMILES string of the molecule is Cc1cc(C=C2NC(=O)CN(C(=O)CI)C2=O)ccc1CO[Si](c1ccccc1)(c1ccccc1)C(C)(C)C. The number of nitrogens with zero attached hydrogens (tertiary/aromatic N) is 1. The molecule has 39 heavy (non-hydrogen) atoms. The second-order valence-corrected chi connectivity index (χ2v) is 15.7. The van der Waals surface area contributed by atoms with Crippen molar-refractivity contribution in [1.29, 1.82) is 0 Å². The Kier molecular flexibility index (Phi) is 8.88. The third-order valence-corrected chi connectivity index (χ3v) is 12.6. The molecule has 0 saturated carbocycles. The third kappa shape index (κ3) is 6.07. The summed E-state index contributed by atoms with van der Waals surface area (Å²) < 4.78 is 7.20. The molecule has 1 aliphatic rings. The van der Waals surface area contributed by atoms with Gasteiger partial charge in [-0.25, -0.2) is 0 Å². The molecule has 8 heteroatoms. The van der Waals surface area contributed by atoms with Crippen LogP contribution in [0.4, 0.5) is 0 Å².